The first kappa shape index (κ1) is 18.5. The average molecular weight is 395 g/mol. The van der Waals surface area contributed by atoms with Gasteiger partial charge in [0.05, 0.1) is 5.69 Å². The van der Waals surface area contributed by atoms with Crippen molar-refractivity contribution >= 4 is 11.5 Å². The van der Waals surface area contributed by atoms with Gasteiger partial charge in [-0.15, -0.1) is 15.3 Å². The van der Waals surface area contributed by atoms with E-state index in [1.807, 2.05) is 10.6 Å². The molecule has 8 nitrogen and oxygen atoms in total. The quantitative estimate of drug-likeness (QED) is 0.676. The maximum Gasteiger partial charge on any atom is 0.178 e. The summed E-state index contributed by atoms with van der Waals surface area (Å²) >= 11 is 0. The molecular weight excluding hydrogens is 364 g/mol. The van der Waals surface area contributed by atoms with Crippen LogP contribution in [-0.4, -0.2) is 60.4 Å². The van der Waals surface area contributed by atoms with Gasteiger partial charge in [-0.3, -0.25) is 4.90 Å². The molecule has 5 heterocycles. The van der Waals surface area contributed by atoms with Crippen molar-refractivity contribution in [3.05, 3.63) is 35.7 Å². The molecule has 0 spiro atoms. The number of nitrogens with zero attached hydrogens (tertiary/aromatic N) is 8. The molecule has 0 atom stereocenters. The zero-order valence-electron chi connectivity index (χ0n) is 17.8. The molecule has 5 rings (SSSR count). The Morgan fingerprint density at radius 2 is 1.97 bits per heavy atom. The summed E-state index contributed by atoms with van der Waals surface area (Å²) in [6.45, 7) is 10.4. The Balaban J connectivity index is 1.25. The highest BCUT2D eigenvalue weighted by Crippen LogP contribution is 2.25. The molecule has 0 bridgehead atoms. The molecule has 3 aromatic rings. The second kappa shape index (κ2) is 6.79. The molecule has 0 radical (unpaired) electrons. The summed E-state index contributed by atoms with van der Waals surface area (Å²) < 4.78 is 4.23. The topological polar surface area (TPSA) is 67.4 Å². The summed E-state index contributed by atoms with van der Waals surface area (Å²) in [6, 6.07) is 4.59. The largest absolute Gasteiger partial charge is 0.352 e. The third-order valence-electron chi connectivity index (χ3n) is 6.10. The van der Waals surface area contributed by atoms with E-state index < -0.39 is 0 Å². The first-order valence-corrected chi connectivity index (χ1v) is 10.6. The standard InChI is InChI=1S/C21H30N8/c1-21(2,3)20-24-23-18-8-9-19(25-29(18)20)28-13-16(14-28)26(4)11-15-12-27-10-6-5-7-17(27)22-15/h8-9,12,16H,5-7,10-11,13-14H2,1-4H3. The van der Waals surface area contributed by atoms with Gasteiger partial charge in [0.2, 0.25) is 0 Å². The first-order chi connectivity index (χ1) is 13.9. The molecular formula is C21H30N8. The highest BCUT2D eigenvalue weighted by atomic mass is 15.4. The van der Waals surface area contributed by atoms with Gasteiger partial charge < -0.3 is 9.47 Å². The van der Waals surface area contributed by atoms with Crippen LogP contribution < -0.4 is 4.90 Å². The Labute approximate surface area is 171 Å². The summed E-state index contributed by atoms with van der Waals surface area (Å²) in [7, 11) is 2.20. The van der Waals surface area contributed by atoms with Gasteiger partial charge in [-0.05, 0) is 32.0 Å². The van der Waals surface area contributed by atoms with Crippen molar-refractivity contribution in [3.8, 4) is 0 Å². The molecule has 0 aromatic carbocycles. The molecule has 154 valence electrons. The van der Waals surface area contributed by atoms with Crippen LogP contribution in [0.4, 0.5) is 5.82 Å². The lowest BCUT2D eigenvalue weighted by Crippen LogP contribution is -2.58. The molecule has 0 aliphatic carbocycles. The second-order valence-electron chi connectivity index (χ2n) is 9.51. The number of imidazole rings is 1. The predicted molar refractivity (Wildman–Crippen MR) is 112 cm³/mol. The van der Waals surface area contributed by atoms with Crippen LogP contribution in [-0.2, 0) is 24.9 Å². The van der Waals surface area contributed by atoms with Gasteiger partial charge in [-0.1, -0.05) is 20.8 Å². The second-order valence-corrected chi connectivity index (χ2v) is 9.51. The van der Waals surface area contributed by atoms with E-state index in [2.05, 4.69) is 64.6 Å². The molecule has 8 heteroatoms. The lowest BCUT2D eigenvalue weighted by atomic mass is 9.96. The Morgan fingerprint density at radius 3 is 2.72 bits per heavy atom. The van der Waals surface area contributed by atoms with Crippen LogP contribution in [0.2, 0.25) is 0 Å². The van der Waals surface area contributed by atoms with Gasteiger partial charge in [-0.25, -0.2) is 4.98 Å². The Morgan fingerprint density at radius 1 is 1.14 bits per heavy atom. The highest BCUT2D eigenvalue weighted by molar-refractivity contribution is 5.48. The highest BCUT2D eigenvalue weighted by Gasteiger charge is 2.32. The van der Waals surface area contributed by atoms with Crippen molar-refractivity contribution in [2.45, 2.75) is 64.6 Å². The maximum atomic E-state index is 4.85. The zero-order chi connectivity index (χ0) is 20.2. The molecule has 0 saturated carbocycles. The van der Waals surface area contributed by atoms with E-state index in [4.69, 9.17) is 10.1 Å². The Hall–Kier alpha value is -2.48. The van der Waals surface area contributed by atoms with Gasteiger partial charge in [0, 0.05) is 50.3 Å². The van der Waals surface area contributed by atoms with E-state index in [9.17, 15) is 0 Å². The fourth-order valence-corrected chi connectivity index (χ4v) is 4.27. The van der Waals surface area contributed by atoms with Gasteiger partial charge in [-0.2, -0.15) is 4.52 Å². The van der Waals surface area contributed by atoms with Crippen molar-refractivity contribution in [1.29, 1.82) is 0 Å². The average Bonchev–Trinajstić information content (AvgIpc) is 3.22. The fraction of sp³-hybridized carbons (Fsp3) is 0.619. The molecule has 0 N–H and O–H groups in total. The minimum atomic E-state index is -0.0908. The van der Waals surface area contributed by atoms with Crippen LogP contribution in [0.3, 0.4) is 0 Å². The lowest BCUT2D eigenvalue weighted by Gasteiger charge is -2.44. The summed E-state index contributed by atoms with van der Waals surface area (Å²) in [6.07, 6.45) is 5.91. The van der Waals surface area contributed by atoms with E-state index in [1.54, 1.807) is 0 Å². The third-order valence-corrected chi connectivity index (χ3v) is 6.10. The van der Waals surface area contributed by atoms with Crippen LogP contribution in [0, 0.1) is 0 Å². The van der Waals surface area contributed by atoms with Crippen molar-refractivity contribution in [3.63, 3.8) is 0 Å². The van der Waals surface area contributed by atoms with Crippen molar-refractivity contribution in [2.24, 2.45) is 0 Å². The molecule has 0 amide bonds. The van der Waals surface area contributed by atoms with E-state index >= 15 is 0 Å². The van der Waals surface area contributed by atoms with E-state index in [-0.39, 0.29) is 5.41 Å². The van der Waals surface area contributed by atoms with Gasteiger partial charge in [0.1, 0.15) is 11.6 Å². The number of aromatic nitrogens is 6. The van der Waals surface area contributed by atoms with Crippen LogP contribution in [0.15, 0.2) is 18.3 Å². The zero-order valence-corrected chi connectivity index (χ0v) is 17.8. The summed E-state index contributed by atoms with van der Waals surface area (Å²) in [5.74, 6) is 3.15. The minimum Gasteiger partial charge on any atom is -0.352 e. The molecule has 3 aromatic heterocycles. The van der Waals surface area contributed by atoms with Crippen LogP contribution >= 0.6 is 0 Å². The number of rotatable bonds is 4. The fourth-order valence-electron chi connectivity index (χ4n) is 4.27. The van der Waals surface area contributed by atoms with Crippen LogP contribution in [0.1, 0.15) is 51.0 Å². The van der Waals surface area contributed by atoms with Gasteiger partial charge in [0.15, 0.2) is 11.5 Å². The number of fused-ring (bicyclic) bond motifs is 2. The van der Waals surface area contributed by atoms with Crippen LogP contribution in [0.5, 0.6) is 0 Å². The van der Waals surface area contributed by atoms with E-state index in [1.165, 1.54) is 24.4 Å². The summed E-state index contributed by atoms with van der Waals surface area (Å²) in [5, 5.41) is 13.4. The number of hydrogen-bond donors (Lipinski definition) is 0. The smallest absolute Gasteiger partial charge is 0.178 e. The number of aryl methyl sites for hydroxylation is 2. The number of likely N-dealkylation sites (N-methyl/N-ethyl adjacent to an activating group) is 1. The Bertz CT molecular complexity index is 998. The number of anilines is 1. The molecule has 1 saturated heterocycles. The summed E-state index contributed by atoms with van der Waals surface area (Å²) in [5.41, 5.74) is 1.91. The Kier molecular flexibility index (Phi) is 4.34. The van der Waals surface area contributed by atoms with Crippen molar-refractivity contribution in [1.82, 2.24) is 34.3 Å². The molecule has 2 aliphatic heterocycles. The predicted octanol–water partition coefficient (Wildman–Crippen LogP) is 2.28. The monoisotopic (exact) mass is 394 g/mol. The number of hydrogen-bond acceptors (Lipinski definition) is 6. The molecule has 1 fully saturated rings. The van der Waals surface area contributed by atoms with Crippen molar-refractivity contribution < 1.29 is 0 Å². The normalized spacial score (nSPS) is 17.8. The van der Waals surface area contributed by atoms with E-state index in [0.29, 0.717) is 6.04 Å². The summed E-state index contributed by atoms with van der Waals surface area (Å²) in [4.78, 5) is 9.59. The minimum absolute atomic E-state index is 0.0908. The first-order valence-electron chi connectivity index (χ1n) is 10.6. The van der Waals surface area contributed by atoms with Crippen LogP contribution in [0.25, 0.3) is 5.65 Å². The van der Waals surface area contributed by atoms with E-state index in [0.717, 1.165) is 49.9 Å². The third kappa shape index (κ3) is 3.39. The van der Waals surface area contributed by atoms with Gasteiger partial charge >= 0.3 is 0 Å². The molecule has 0 unspecified atom stereocenters. The SMILES string of the molecule is CN(Cc1cn2c(n1)CCCC2)C1CN(c2ccc3nnc(C(C)(C)C)n3n2)C1. The lowest BCUT2D eigenvalue weighted by molar-refractivity contribution is 0.194. The van der Waals surface area contributed by atoms with Crippen molar-refractivity contribution in [2.75, 3.05) is 25.0 Å². The molecule has 2 aliphatic rings. The van der Waals surface area contributed by atoms with Gasteiger partial charge in [0.25, 0.3) is 0 Å². The maximum absolute atomic E-state index is 4.85. The molecule has 29 heavy (non-hydrogen) atoms.